The van der Waals surface area contributed by atoms with Crippen LogP contribution >= 0.6 is 24.0 Å². The lowest BCUT2D eigenvalue weighted by molar-refractivity contribution is 0.285. The fraction of sp³-hybridized carbons (Fsp3) is 0.917. The highest BCUT2D eigenvalue weighted by atomic mass is 127. The average Bonchev–Trinajstić information content (AvgIpc) is 3.10. The van der Waals surface area contributed by atoms with Crippen LogP contribution in [0.25, 0.3) is 0 Å². The zero-order chi connectivity index (χ0) is 12.0. The number of aliphatic imine (C=N–C) groups is 1. The van der Waals surface area contributed by atoms with E-state index in [0.717, 1.165) is 38.8 Å². The summed E-state index contributed by atoms with van der Waals surface area (Å²) < 4.78 is 0. The second-order valence-electron chi connectivity index (χ2n) is 4.27. The van der Waals surface area contributed by atoms with Gasteiger partial charge in [-0.3, -0.25) is 9.89 Å². The van der Waals surface area contributed by atoms with Gasteiger partial charge in [0.15, 0.2) is 5.96 Å². The first kappa shape index (κ1) is 17.0. The van der Waals surface area contributed by atoms with Gasteiger partial charge in [-0.25, -0.2) is 0 Å². The van der Waals surface area contributed by atoms with Crippen LogP contribution in [0, 0.1) is 0 Å². The molecule has 0 aliphatic heterocycles. The highest BCUT2D eigenvalue weighted by molar-refractivity contribution is 14.0. The third-order valence-corrected chi connectivity index (χ3v) is 3.22. The van der Waals surface area contributed by atoms with Crippen LogP contribution in [0.3, 0.4) is 0 Å². The monoisotopic (exact) mass is 354 g/mol. The summed E-state index contributed by atoms with van der Waals surface area (Å²) in [5.41, 5.74) is 5.92. The van der Waals surface area contributed by atoms with E-state index in [1.165, 1.54) is 12.8 Å². The van der Waals surface area contributed by atoms with Gasteiger partial charge in [0.05, 0.1) is 6.54 Å². The summed E-state index contributed by atoms with van der Waals surface area (Å²) in [5, 5.41) is 0. The van der Waals surface area contributed by atoms with Crippen LogP contribution in [0.1, 0.15) is 33.6 Å². The lowest BCUT2D eigenvalue weighted by atomic mass is 10.4. The molecule has 0 atom stereocenters. The normalized spacial score (nSPS) is 15.9. The fourth-order valence-electron chi connectivity index (χ4n) is 1.98. The molecule has 5 heteroatoms. The second kappa shape index (κ2) is 8.97. The van der Waals surface area contributed by atoms with Crippen molar-refractivity contribution < 1.29 is 0 Å². The number of hydrogen-bond donors (Lipinski definition) is 1. The van der Waals surface area contributed by atoms with Gasteiger partial charge in [0.1, 0.15) is 0 Å². The summed E-state index contributed by atoms with van der Waals surface area (Å²) in [4.78, 5) is 9.03. The Morgan fingerprint density at radius 1 is 1.18 bits per heavy atom. The number of guanidine groups is 1. The standard InChI is InChI=1S/C12H26N4.HI/c1-4-15(5-2)12(13)14-9-10-16(6-3)11-7-8-11;/h11H,4-10H2,1-3H3,(H2,13,14);1H. The topological polar surface area (TPSA) is 44.9 Å². The molecule has 0 aromatic carbocycles. The molecule has 0 unspecified atom stereocenters. The van der Waals surface area contributed by atoms with Gasteiger partial charge in [-0.1, -0.05) is 6.92 Å². The number of likely N-dealkylation sites (N-methyl/N-ethyl adjacent to an activating group) is 1. The third kappa shape index (κ3) is 5.90. The van der Waals surface area contributed by atoms with Crippen molar-refractivity contribution in [2.24, 2.45) is 10.7 Å². The molecule has 4 nitrogen and oxygen atoms in total. The lowest BCUT2D eigenvalue weighted by Gasteiger charge is -2.21. The molecule has 1 rings (SSSR count). The van der Waals surface area contributed by atoms with E-state index >= 15 is 0 Å². The Morgan fingerprint density at radius 2 is 1.76 bits per heavy atom. The first-order chi connectivity index (χ1) is 7.72. The van der Waals surface area contributed by atoms with Crippen molar-refractivity contribution in [2.45, 2.75) is 39.7 Å². The minimum absolute atomic E-state index is 0. The Bertz CT molecular complexity index is 225. The molecule has 0 saturated heterocycles. The summed E-state index contributed by atoms with van der Waals surface area (Å²) in [5.74, 6) is 0.692. The summed E-state index contributed by atoms with van der Waals surface area (Å²) in [6.45, 7) is 11.3. The predicted octanol–water partition coefficient (Wildman–Crippen LogP) is 1.75. The minimum Gasteiger partial charge on any atom is -0.370 e. The zero-order valence-electron chi connectivity index (χ0n) is 11.4. The molecule has 1 saturated carbocycles. The van der Waals surface area contributed by atoms with Gasteiger partial charge in [-0.05, 0) is 33.2 Å². The van der Waals surface area contributed by atoms with Gasteiger partial charge in [0, 0.05) is 25.7 Å². The van der Waals surface area contributed by atoms with Crippen molar-refractivity contribution in [2.75, 3.05) is 32.7 Å². The van der Waals surface area contributed by atoms with E-state index in [0.29, 0.717) is 5.96 Å². The minimum atomic E-state index is 0. The summed E-state index contributed by atoms with van der Waals surface area (Å²) >= 11 is 0. The van der Waals surface area contributed by atoms with E-state index in [1.807, 2.05) is 0 Å². The maximum Gasteiger partial charge on any atom is 0.191 e. The highest BCUT2D eigenvalue weighted by Gasteiger charge is 2.27. The maximum absolute atomic E-state index is 5.92. The Hall–Kier alpha value is -0.0400. The van der Waals surface area contributed by atoms with Crippen LogP contribution in [0.15, 0.2) is 4.99 Å². The van der Waals surface area contributed by atoms with Gasteiger partial charge in [-0.2, -0.15) is 0 Å². The van der Waals surface area contributed by atoms with E-state index in [9.17, 15) is 0 Å². The van der Waals surface area contributed by atoms with Crippen LogP contribution in [0.2, 0.25) is 0 Å². The largest absolute Gasteiger partial charge is 0.370 e. The van der Waals surface area contributed by atoms with E-state index in [2.05, 4.69) is 35.6 Å². The Balaban J connectivity index is 0.00000256. The van der Waals surface area contributed by atoms with Crippen LogP contribution in [0.5, 0.6) is 0 Å². The Kier molecular flexibility index (Phi) is 8.94. The van der Waals surface area contributed by atoms with Gasteiger partial charge in [-0.15, -0.1) is 24.0 Å². The molecule has 0 spiro atoms. The summed E-state index contributed by atoms with van der Waals surface area (Å²) in [6, 6.07) is 0.829. The molecule has 1 fully saturated rings. The van der Waals surface area contributed by atoms with Crippen molar-refractivity contribution in [1.29, 1.82) is 0 Å². The molecule has 1 aliphatic rings. The van der Waals surface area contributed by atoms with Crippen molar-refractivity contribution in [3.8, 4) is 0 Å². The van der Waals surface area contributed by atoms with E-state index in [-0.39, 0.29) is 24.0 Å². The van der Waals surface area contributed by atoms with E-state index in [4.69, 9.17) is 5.73 Å². The Labute approximate surface area is 123 Å². The van der Waals surface area contributed by atoms with Crippen molar-refractivity contribution in [3.05, 3.63) is 0 Å². The molecule has 0 aromatic heterocycles. The summed E-state index contributed by atoms with van der Waals surface area (Å²) in [6.07, 6.45) is 2.73. The van der Waals surface area contributed by atoms with Crippen molar-refractivity contribution in [1.82, 2.24) is 9.80 Å². The van der Waals surface area contributed by atoms with Crippen molar-refractivity contribution >= 4 is 29.9 Å². The molecular formula is C12H27IN4. The SMILES string of the molecule is CCN(CC)C(N)=NCCN(CC)C1CC1.I. The van der Waals surface area contributed by atoms with Gasteiger partial charge in [0.2, 0.25) is 0 Å². The van der Waals surface area contributed by atoms with Gasteiger partial charge < -0.3 is 10.6 Å². The molecule has 0 bridgehead atoms. The molecule has 0 amide bonds. The molecule has 0 aromatic rings. The summed E-state index contributed by atoms with van der Waals surface area (Å²) in [7, 11) is 0. The molecule has 0 heterocycles. The van der Waals surface area contributed by atoms with Crippen LogP contribution < -0.4 is 5.73 Å². The molecule has 0 radical (unpaired) electrons. The number of hydrogen-bond acceptors (Lipinski definition) is 2. The molecule has 102 valence electrons. The second-order valence-corrected chi connectivity index (χ2v) is 4.27. The van der Waals surface area contributed by atoms with Crippen molar-refractivity contribution in [3.63, 3.8) is 0 Å². The number of rotatable bonds is 7. The molecule has 1 aliphatic carbocycles. The van der Waals surface area contributed by atoms with Crippen LogP contribution in [-0.4, -0.2) is 54.5 Å². The zero-order valence-corrected chi connectivity index (χ0v) is 13.7. The molecular weight excluding hydrogens is 327 g/mol. The van der Waals surface area contributed by atoms with Gasteiger partial charge in [0.25, 0.3) is 0 Å². The smallest absolute Gasteiger partial charge is 0.191 e. The lowest BCUT2D eigenvalue weighted by Crippen LogP contribution is -2.38. The number of nitrogens with two attached hydrogens (primary N) is 1. The highest BCUT2D eigenvalue weighted by Crippen LogP contribution is 2.25. The van der Waals surface area contributed by atoms with Crippen LogP contribution in [-0.2, 0) is 0 Å². The van der Waals surface area contributed by atoms with Crippen LogP contribution in [0.4, 0.5) is 0 Å². The van der Waals surface area contributed by atoms with E-state index in [1.54, 1.807) is 0 Å². The quantitative estimate of drug-likeness (QED) is 0.430. The average molecular weight is 354 g/mol. The number of halogens is 1. The fourth-order valence-corrected chi connectivity index (χ4v) is 1.98. The van der Waals surface area contributed by atoms with Gasteiger partial charge >= 0.3 is 0 Å². The molecule has 2 N–H and O–H groups in total. The van der Waals surface area contributed by atoms with E-state index < -0.39 is 0 Å². The first-order valence-corrected chi connectivity index (χ1v) is 6.51. The third-order valence-electron chi connectivity index (χ3n) is 3.22. The molecule has 17 heavy (non-hydrogen) atoms. The Morgan fingerprint density at radius 3 is 2.18 bits per heavy atom. The first-order valence-electron chi connectivity index (χ1n) is 6.51. The predicted molar refractivity (Wildman–Crippen MR) is 85.1 cm³/mol. The number of nitrogens with zero attached hydrogens (tertiary/aromatic N) is 3. The maximum atomic E-state index is 5.92.